The highest BCUT2D eigenvalue weighted by Crippen LogP contribution is 2.29. The van der Waals surface area contributed by atoms with Gasteiger partial charge in [-0.3, -0.25) is 4.79 Å². The van der Waals surface area contributed by atoms with Crippen LogP contribution < -0.4 is 14.8 Å². The molecule has 6 nitrogen and oxygen atoms in total. The van der Waals surface area contributed by atoms with Crippen LogP contribution >= 0.6 is 0 Å². The predicted molar refractivity (Wildman–Crippen MR) is 97.3 cm³/mol. The van der Waals surface area contributed by atoms with Crippen molar-refractivity contribution in [2.45, 2.75) is 19.9 Å². The van der Waals surface area contributed by atoms with Gasteiger partial charge in [-0.25, -0.2) is 4.98 Å². The first-order valence-corrected chi connectivity index (χ1v) is 8.12. The number of carbonyl (C=O) groups excluding carboxylic acids is 1. The Hall–Kier alpha value is -3.02. The topological polar surface area (TPSA) is 65.4 Å². The molecule has 0 atom stereocenters. The summed E-state index contributed by atoms with van der Waals surface area (Å²) < 4.78 is 12.5. The molecule has 0 radical (unpaired) electrons. The lowest BCUT2D eigenvalue weighted by Gasteiger charge is -2.13. The van der Waals surface area contributed by atoms with E-state index in [0.29, 0.717) is 17.2 Å². The van der Waals surface area contributed by atoms with Gasteiger partial charge < -0.3 is 19.4 Å². The number of fused-ring (bicyclic) bond motifs is 1. The zero-order valence-corrected chi connectivity index (χ0v) is 14.6. The van der Waals surface area contributed by atoms with Crippen molar-refractivity contribution >= 4 is 22.6 Å². The summed E-state index contributed by atoms with van der Waals surface area (Å²) in [6.45, 7) is 2.21. The smallest absolute Gasteiger partial charge is 0.244 e. The zero-order valence-electron chi connectivity index (χ0n) is 14.6. The Balaban J connectivity index is 1.86. The minimum absolute atomic E-state index is 0.149. The number of amides is 1. The molecule has 1 N–H and O–H groups in total. The van der Waals surface area contributed by atoms with E-state index in [4.69, 9.17) is 9.47 Å². The maximum absolute atomic E-state index is 12.6. The van der Waals surface area contributed by atoms with E-state index in [2.05, 4.69) is 10.3 Å². The summed E-state index contributed by atoms with van der Waals surface area (Å²) in [5.74, 6) is 1.97. The number of rotatable bonds is 6. The molecule has 130 valence electrons. The molecule has 25 heavy (non-hydrogen) atoms. The fourth-order valence-electron chi connectivity index (χ4n) is 2.82. The van der Waals surface area contributed by atoms with Crippen molar-refractivity contribution in [3.63, 3.8) is 0 Å². The van der Waals surface area contributed by atoms with Gasteiger partial charge in [0.1, 0.15) is 23.9 Å². The number of imidazole rings is 1. The van der Waals surface area contributed by atoms with Gasteiger partial charge in [-0.1, -0.05) is 19.1 Å². The van der Waals surface area contributed by atoms with Crippen LogP contribution in [0, 0.1) is 0 Å². The molecule has 0 aliphatic rings. The van der Waals surface area contributed by atoms with Crippen molar-refractivity contribution in [2.24, 2.45) is 0 Å². The van der Waals surface area contributed by atoms with E-state index in [1.165, 1.54) is 0 Å². The van der Waals surface area contributed by atoms with Gasteiger partial charge in [0.2, 0.25) is 5.91 Å². The Morgan fingerprint density at radius 1 is 1.16 bits per heavy atom. The molecule has 6 heteroatoms. The Bertz CT molecular complexity index is 902. The molecule has 1 heterocycles. The third kappa shape index (κ3) is 3.42. The molecule has 0 aliphatic carbocycles. The van der Waals surface area contributed by atoms with Crippen LogP contribution in [0.25, 0.3) is 11.0 Å². The third-order valence-corrected chi connectivity index (χ3v) is 4.03. The van der Waals surface area contributed by atoms with E-state index < -0.39 is 0 Å². The van der Waals surface area contributed by atoms with E-state index in [-0.39, 0.29) is 12.5 Å². The van der Waals surface area contributed by atoms with Gasteiger partial charge in [-0.05, 0) is 24.3 Å². The van der Waals surface area contributed by atoms with E-state index >= 15 is 0 Å². The summed E-state index contributed by atoms with van der Waals surface area (Å²) in [6.07, 6.45) is 0.754. The lowest BCUT2D eigenvalue weighted by Crippen LogP contribution is -2.20. The van der Waals surface area contributed by atoms with Crippen LogP contribution in [-0.2, 0) is 17.8 Å². The molecular formula is C19H21N3O3. The number of hydrogen-bond donors (Lipinski definition) is 1. The maximum Gasteiger partial charge on any atom is 0.244 e. The summed E-state index contributed by atoms with van der Waals surface area (Å²) in [6, 6.07) is 13.1. The fourth-order valence-corrected chi connectivity index (χ4v) is 2.82. The van der Waals surface area contributed by atoms with Crippen LogP contribution in [0.2, 0.25) is 0 Å². The number of nitrogens with one attached hydrogen (secondary N) is 1. The minimum Gasteiger partial charge on any atom is -0.497 e. The normalized spacial score (nSPS) is 10.7. The van der Waals surface area contributed by atoms with Gasteiger partial charge >= 0.3 is 0 Å². The van der Waals surface area contributed by atoms with Crippen molar-refractivity contribution in [1.29, 1.82) is 0 Å². The maximum atomic E-state index is 12.6. The first-order valence-electron chi connectivity index (χ1n) is 8.12. The second-order valence-corrected chi connectivity index (χ2v) is 5.57. The lowest BCUT2D eigenvalue weighted by atomic mass is 10.2. The number of benzene rings is 2. The summed E-state index contributed by atoms with van der Waals surface area (Å²) >= 11 is 0. The molecule has 0 saturated heterocycles. The molecule has 1 aromatic heterocycles. The second-order valence-electron chi connectivity index (χ2n) is 5.57. The number of anilines is 1. The number of hydrogen-bond acceptors (Lipinski definition) is 4. The molecule has 2 aromatic carbocycles. The van der Waals surface area contributed by atoms with Crippen LogP contribution in [0.4, 0.5) is 5.69 Å². The number of aryl methyl sites for hydroxylation is 1. The largest absolute Gasteiger partial charge is 0.497 e. The van der Waals surface area contributed by atoms with E-state index in [1.807, 2.05) is 35.8 Å². The summed E-state index contributed by atoms with van der Waals surface area (Å²) in [7, 11) is 3.15. The minimum atomic E-state index is -0.149. The van der Waals surface area contributed by atoms with Gasteiger partial charge in [-0.2, -0.15) is 0 Å². The molecule has 0 aliphatic heterocycles. The number of nitrogens with zero attached hydrogens (tertiary/aromatic N) is 2. The Labute approximate surface area is 146 Å². The number of methoxy groups -OCH3 is 2. The van der Waals surface area contributed by atoms with E-state index in [0.717, 1.165) is 23.3 Å². The highest BCUT2D eigenvalue weighted by Gasteiger charge is 2.14. The van der Waals surface area contributed by atoms with Crippen LogP contribution in [0.1, 0.15) is 12.7 Å². The molecule has 0 spiro atoms. The highest BCUT2D eigenvalue weighted by atomic mass is 16.5. The van der Waals surface area contributed by atoms with E-state index in [1.54, 1.807) is 32.4 Å². The zero-order chi connectivity index (χ0) is 17.8. The number of carbonyl (C=O) groups is 1. The fraction of sp³-hybridized carbons (Fsp3) is 0.263. The average Bonchev–Trinajstić information content (AvgIpc) is 2.99. The van der Waals surface area contributed by atoms with Crippen molar-refractivity contribution in [1.82, 2.24) is 9.55 Å². The third-order valence-electron chi connectivity index (χ3n) is 4.03. The van der Waals surface area contributed by atoms with Gasteiger partial charge in [0.05, 0.1) is 30.9 Å². The molecule has 0 unspecified atom stereocenters. The van der Waals surface area contributed by atoms with Gasteiger partial charge in [0, 0.05) is 12.5 Å². The summed E-state index contributed by atoms with van der Waals surface area (Å²) in [4.78, 5) is 17.2. The van der Waals surface area contributed by atoms with Crippen LogP contribution in [0.5, 0.6) is 11.5 Å². The highest BCUT2D eigenvalue weighted by molar-refractivity contribution is 5.93. The molecule has 0 fully saturated rings. The van der Waals surface area contributed by atoms with Crippen LogP contribution in [0.3, 0.4) is 0 Å². The Morgan fingerprint density at radius 3 is 2.68 bits per heavy atom. The molecule has 3 rings (SSSR count). The first kappa shape index (κ1) is 16.8. The van der Waals surface area contributed by atoms with Crippen molar-refractivity contribution in [2.75, 3.05) is 19.5 Å². The lowest BCUT2D eigenvalue weighted by molar-refractivity contribution is -0.116. The monoisotopic (exact) mass is 339 g/mol. The molecule has 1 amide bonds. The molecule has 0 bridgehead atoms. The Kier molecular flexibility index (Phi) is 4.88. The summed E-state index contributed by atoms with van der Waals surface area (Å²) in [5, 5.41) is 2.90. The van der Waals surface area contributed by atoms with Gasteiger partial charge in [0.15, 0.2) is 0 Å². The van der Waals surface area contributed by atoms with Crippen LogP contribution in [-0.4, -0.2) is 29.7 Å². The Morgan fingerprint density at radius 2 is 1.96 bits per heavy atom. The molecular weight excluding hydrogens is 318 g/mol. The number of aromatic nitrogens is 2. The number of para-hydroxylation sites is 2. The SMILES string of the molecule is CCc1nc2ccccc2n1CC(=O)Nc1cc(OC)ccc1OC. The van der Waals surface area contributed by atoms with Crippen molar-refractivity contribution < 1.29 is 14.3 Å². The first-order chi connectivity index (χ1) is 12.2. The molecule has 3 aromatic rings. The van der Waals surface area contributed by atoms with Gasteiger partial charge in [0.25, 0.3) is 0 Å². The summed E-state index contributed by atoms with van der Waals surface area (Å²) in [5.41, 5.74) is 2.42. The average molecular weight is 339 g/mol. The van der Waals surface area contributed by atoms with Crippen molar-refractivity contribution in [3.8, 4) is 11.5 Å². The van der Waals surface area contributed by atoms with Gasteiger partial charge in [-0.15, -0.1) is 0 Å². The molecule has 0 saturated carbocycles. The van der Waals surface area contributed by atoms with E-state index in [9.17, 15) is 4.79 Å². The standard InChI is InChI=1S/C19H21N3O3/c1-4-18-20-14-7-5-6-8-16(14)22(18)12-19(23)21-15-11-13(24-2)9-10-17(15)25-3/h5-11H,4,12H2,1-3H3,(H,21,23). The van der Waals surface area contributed by atoms with Crippen LogP contribution in [0.15, 0.2) is 42.5 Å². The van der Waals surface area contributed by atoms with Crippen molar-refractivity contribution in [3.05, 3.63) is 48.3 Å². The second kappa shape index (κ2) is 7.25. The quantitative estimate of drug-likeness (QED) is 0.749. The number of ether oxygens (including phenoxy) is 2. The predicted octanol–water partition coefficient (Wildman–Crippen LogP) is 3.25.